The van der Waals surface area contributed by atoms with E-state index >= 15 is 0 Å². The average Bonchev–Trinajstić information content (AvgIpc) is 3.03. The molecule has 0 aliphatic heterocycles. The van der Waals surface area contributed by atoms with Crippen LogP contribution >= 0.6 is 0 Å². The Hall–Kier alpha value is -2.88. The maximum absolute atomic E-state index is 12.1. The Bertz CT molecular complexity index is 831. The fraction of sp³-hybridized carbons (Fsp3) is 0.158. The smallest absolute Gasteiger partial charge is 0.251 e. The number of para-hydroxylation sites is 2. The second-order valence-electron chi connectivity index (χ2n) is 5.26. The van der Waals surface area contributed by atoms with Crippen molar-refractivity contribution in [1.29, 1.82) is 0 Å². The van der Waals surface area contributed by atoms with Crippen molar-refractivity contribution in [3.05, 3.63) is 72.6 Å². The largest absolute Gasteiger partial charge is 0.352 e. The van der Waals surface area contributed by atoms with E-state index in [1.165, 1.54) is 0 Å². The van der Waals surface area contributed by atoms with Crippen molar-refractivity contribution in [3.8, 4) is 5.69 Å². The number of amides is 1. The van der Waals surface area contributed by atoms with Gasteiger partial charge in [-0.15, -0.1) is 0 Å². The number of fused-ring (bicyclic) bond motifs is 1. The number of benzene rings is 2. The van der Waals surface area contributed by atoms with Crippen LogP contribution in [0.3, 0.4) is 0 Å². The molecule has 1 N–H and O–H groups in total. The third-order valence-electron chi connectivity index (χ3n) is 3.69. The van der Waals surface area contributed by atoms with E-state index in [4.69, 9.17) is 0 Å². The quantitative estimate of drug-likeness (QED) is 0.577. The van der Waals surface area contributed by atoms with Crippen molar-refractivity contribution < 1.29 is 4.79 Å². The lowest BCUT2D eigenvalue weighted by Crippen LogP contribution is -2.24. The highest BCUT2D eigenvalue weighted by Gasteiger charge is 2.07. The molecular weight excluding hydrogens is 286 g/mol. The lowest BCUT2D eigenvalue weighted by molar-refractivity contribution is 0.0954. The molecule has 0 saturated heterocycles. The van der Waals surface area contributed by atoms with Crippen LogP contribution in [-0.2, 0) is 0 Å². The van der Waals surface area contributed by atoms with Gasteiger partial charge in [0.2, 0.25) is 0 Å². The van der Waals surface area contributed by atoms with Crippen molar-refractivity contribution in [2.45, 2.75) is 13.3 Å². The van der Waals surface area contributed by atoms with Crippen LogP contribution < -0.4 is 5.32 Å². The number of rotatable bonds is 5. The molecule has 0 radical (unpaired) electrons. The molecule has 1 heterocycles. The molecule has 23 heavy (non-hydrogen) atoms. The molecule has 2 aromatic carbocycles. The Morgan fingerprint density at radius 1 is 1.17 bits per heavy atom. The first-order valence-electron chi connectivity index (χ1n) is 7.71. The maximum Gasteiger partial charge on any atom is 0.251 e. The molecule has 0 spiro atoms. The summed E-state index contributed by atoms with van der Waals surface area (Å²) in [6.07, 6.45) is 6.67. The van der Waals surface area contributed by atoms with Gasteiger partial charge >= 0.3 is 0 Å². The standard InChI is InChI=1S/C19H19N3O/c1-2-3-6-13-20-19(23)15-9-11-16(12-10-15)22-14-21-17-7-4-5-8-18(17)22/h2-5,7-12,14H,6,13H2,1H3,(H,20,23)/b3-2+. The van der Waals surface area contributed by atoms with Crippen LogP contribution in [0.2, 0.25) is 0 Å². The molecule has 3 aromatic rings. The monoisotopic (exact) mass is 305 g/mol. The number of imidazole rings is 1. The maximum atomic E-state index is 12.1. The number of aromatic nitrogens is 2. The number of nitrogens with one attached hydrogen (secondary N) is 1. The lowest BCUT2D eigenvalue weighted by Gasteiger charge is -2.07. The Kier molecular flexibility index (Phi) is 4.52. The minimum absolute atomic E-state index is 0.0449. The van der Waals surface area contributed by atoms with Crippen molar-refractivity contribution in [1.82, 2.24) is 14.9 Å². The van der Waals surface area contributed by atoms with Gasteiger partial charge in [-0.05, 0) is 49.7 Å². The van der Waals surface area contributed by atoms with E-state index in [1.54, 1.807) is 6.33 Å². The van der Waals surface area contributed by atoms with Crippen molar-refractivity contribution in [2.75, 3.05) is 6.54 Å². The number of carbonyl (C=O) groups excluding carboxylic acids is 1. The molecule has 1 aromatic heterocycles. The highest BCUT2D eigenvalue weighted by molar-refractivity contribution is 5.94. The summed E-state index contributed by atoms with van der Waals surface area (Å²) in [6.45, 7) is 2.62. The summed E-state index contributed by atoms with van der Waals surface area (Å²) in [5.41, 5.74) is 3.66. The third-order valence-corrected chi connectivity index (χ3v) is 3.69. The zero-order valence-electron chi connectivity index (χ0n) is 13.1. The number of hydrogen-bond acceptors (Lipinski definition) is 2. The highest BCUT2D eigenvalue weighted by atomic mass is 16.1. The van der Waals surface area contributed by atoms with Crippen LogP contribution in [-0.4, -0.2) is 22.0 Å². The van der Waals surface area contributed by atoms with E-state index in [-0.39, 0.29) is 5.91 Å². The topological polar surface area (TPSA) is 46.9 Å². The van der Waals surface area contributed by atoms with Crippen LogP contribution in [0.1, 0.15) is 23.7 Å². The number of nitrogens with zero attached hydrogens (tertiary/aromatic N) is 2. The molecule has 0 saturated carbocycles. The van der Waals surface area contributed by atoms with Gasteiger partial charge in [0.15, 0.2) is 0 Å². The predicted molar refractivity (Wildman–Crippen MR) is 92.8 cm³/mol. The zero-order valence-corrected chi connectivity index (χ0v) is 13.1. The van der Waals surface area contributed by atoms with Crippen LogP contribution in [0, 0.1) is 0 Å². The summed E-state index contributed by atoms with van der Waals surface area (Å²) >= 11 is 0. The first-order valence-corrected chi connectivity index (χ1v) is 7.71. The first kappa shape index (κ1) is 15.0. The van der Waals surface area contributed by atoms with Gasteiger partial charge in [-0.25, -0.2) is 4.98 Å². The molecule has 3 rings (SSSR count). The second kappa shape index (κ2) is 6.92. The average molecular weight is 305 g/mol. The van der Waals surface area contributed by atoms with E-state index in [1.807, 2.05) is 72.2 Å². The minimum atomic E-state index is -0.0449. The number of carbonyl (C=O) groups is 1. The first-order chi connectivity index (χ1) is 11.3. The lowest BCUT2D eigenvalue weighted by atomic mass is 10.2. The van der Waals surface area contributed by atoms with E-state index < -0.39 is 0 Å². The molecule has 0 fully saturated rings. The van der Waals surface area contributed by atoms with E-state index in [9.17, 15) is 4.79 Å². The van der Waals surface area contributed by atoms with Gasteiger partial charge in [0.25, 0.3) is 5.91 Å². The van der Waals surface area contributed by atoms with Gasteiger partial charge in [-0.2, -0.15) is 0 Å². The molecule has 0 bridgehead atoms. The van der Waals surface area contributed by atoms with Gasteiger partial charge in [0.05, 0.1) is 11.0 Å². The molecule has 0 unspecified atom stereocenters. The summed E-state index contributed by atoms with van der Waals surface area (Å²) in [4.78, 5) is 16.5. The van der Waals surface area contributed by atoms with Crippen LogP contribution in [0.15, 0.2) is 67.0 Å². The Balaban J connectivity index is 1.75. The predicted octanol–water partition coefficient (Wildman–Crippen LogP) is 3.72. The van der Waals surface area contributed by atoms with Gasteiger partial charge in [0, 0.05) is 17.8 Å². The zero-order chi connectivity index (χ0) is 16.1. The van der Waals surface area contributed by atoms with Gasteiger partial charge in [-0.1, -0.05) is 24.3 Å². The van der Waals surface area contributed by atoms with E-state index in [2.05, 4.69) is 10.3 Å². The van der Waals surface area contributed by atoms with Crippen LogP contribution in [0.5, 0.6) is 0 Å². The van der Waals surface area contributed by atoms with Gasteiger partial charge in [-0.3, -0.25) is 9.36 Å². The summed E-state index contributed by atoms with van der Waals surface area (Å²) in [7, 11) is 0. The third kappa shape index (κ3) is 3.31. The molecule has 4 heteroatoms. The minimum Gasteiger partial charge on any atom is -0.352 e. The van der Waals surface area contributed by atoms with Crippen LogP contribution in [0.25, 0.3) is 16.7 Å². The summed E-state index contributed by atoms with van der Waals surface area (Å²) in [5, 5.41) is 2.91. The molecule has 1 amide bonds. The Morgan fingerprint density at radius 2 is 1.96 bits per heavy atom. The highest BCUT2D eigenvalue weighted by Crippen LogP contribution is 2.18. The molecule has 0 aliphatic carbocycles. The summed E-state index contributed by atoms with van der Waals surface area (Å²) < 4.78 is 2.02. The van der Waals surface area contributed by atoms with Crippen LogP contribution in [0.4, 0.5) is 0 Å². The fourth-order valence-corrected chi connectivity index (χ4v) is 2.48. The van der Waals surface area contributed by atoms with E-state index in [0.29, 0.717) is 12.1 Å². The number of allylic oxidation sites excluding steroid dienone is 1. The fourth-order valence-electron chi connectivity index (χ4n) is 2.48. The summed E-state index contributed by atoms with van der Waals surface area (Å²) in [5.74, 6) is -0.0449. The van der Waals surface area contributed by atoms with Gasteiger partial charge < -0.3 is 5.32 Å². The number of hydrogen-bond donors (Lipinski definition) is 1. The van der Waals surface area contributed by atoms with E-state index in [0.717, 1.165) is 23.1 Å². The van der Waals surface area contributed by atoms with Crippen molar-refractivity contribution in [3.63, 3.8) is 0 Å². The molecule has 4 nitrogen and oxygen atoms in total. The Morgan fingerprint density at radius 3 is 2.74 bits per heavy atom. The molecule has 0 atom stereocenters. The molecular formula is C19H19N3O. The molecule has 116 valence electrons. The second-order valence-corrected chi connectivity index (χ2v) is 5.26. The SMILES string of the molecule is C/C=C/CCNC(=O)c1ccc(-n2cnc3ccccc32)cc1. The molecule has 0 aliphatic rings. The van der Waals surface area contributed by atoms with Crippen molar-refractivity contribution in [2.24, 2.45) is 0 Å². The summed E-state index contributed by atoms with van der Waals surface area (Å²) in [6, 6.07) is 15.5. The Labute approximate surface area is 135 Å². The normalized spacial score (nSPS) is 11.2. The van der Waals surface area contributed by atoms with Gasteiger partial charge in [0.1, 0.15) is 6.33 Å². The van der Waals surface area contributed by atoms with Crippen molar-refractivity contribution >= 4 is 16.9 Å².